The van der Waals surface area contributed by atoms with Gasteiger partial charge in [-0.1, -0.05) is 30.3 Å². The number of hydrogen-bond donors (Lipinski definition) is 1. The molecule has 8 nitrogen and oxygen atoms in total. The van der Waals surface area contributed by atoms with E-state index in [2.05, 4.69) is 15.5 Å². The van der Waals surface area contributed by atoms with Crippen LogP contribution in [0.3, 0.4) is 0 Å². The van der Waals surface area contributed by atoms with Crippen molar-refractivity contribution in [1.29, 1.82) is 0 Å². The molecule has 138 valence electrons. The van der Waals surface area contributed by atoms with Gasteiger partial charge in [0.05, 0.1) is 19.0 Å². The highest BCUT2D eigenvalue weighted by Gasteiger charge is 2.14. The average molecular weight is 366 g/mol. The molecule has 0 aliphatic heterocycles. The Labute approximate surface area is 155 Å². The van der Waals surface area contributed by atoms with Crippen LogP contribution in [0.15, 0.2) is 60.8 Å². The third-order valence-corrected chi connectivity index (χ3v) is 3.65. The number of carbonyl (C=O) groups is 2. The van der Waals surface area contributed by atoms with Crippen LogP contribution in [-0.4, -0.2) is 40.6 Å². The van der Waals surface area contributed by atoms with Crippen molar-refractivity contribution >= 4 is 11.9 Å². The van der Waals surface area contributed by atoms with Crippen molar-refractivity contribution in [1.82, 2.24) is 20.3 Å². The zero-order valence-electron chi connectivity index (χ0n) is 14.7. The lowest BCUT2D eigenvalue weighted by atomic mass is 10.2. The molecule has 3 aromatic rings. The summed E-state index contributed by atoms with van der Waals surface area (Å²) in [5.41, 5.74) is 1.62. The highest BCUT2D eigenvalue weighted by Crippen LogP contribution is 2.12. The highest BCUT2D eigenvalue weighted by molar-refractivity contribution is 5.89. The maximum Gasteiger partial charge on any atom is 0.361 e. The number of nitrogens with zero attached hydrogens (tertiary/aromatic N) is 3. The second kappa shape index (κ2) is 8.61. The van der Waals surface area contributed by atoms with Crippen LogP contribution in [-0.2, 0) is 16.1 Å². The van der Waals surface area contributed by atoms with Crippen molar-refractivity contribution in [2.24, 2.45) is 0 Å². The predicted molar refractivity (Wildman–Crippen MR) is 96.5 cm³/mol. The molecule has 2 aromatic carbocycles. The number of nitrogens with one attached hydrogen (secondary N) is 1. The third kappa shape index (κ3) is 4.91. The summed E-state index contributed by atoms with van der Waals surface area (Å²) in [7, 11) is 1.57. The van der Waals surface area contributed by atoms with Crippen LogP contribution >= 0.6 is 0 Å². The van der Waals surface area contributed by atoms with Crippen LogP contribution in [0.25, 0.3) is 5.69 Å². The van der Waals surface area contributed by atoms with Crippen LogP contribution in [0.2, 0.25) is 0 Å². The molecule has 0 atom stereocenters. The SMILES string of the molecule is COc1cccc(CNC(=O)COC(=O)c2cnn(-c3ccccc3)n2)c1. The molecule has 0 bridgehead atoms. The third-order valence-electron chi connectivity index (χ3n) is 3.65. The molecule has 3 rings (SSSR count). The molecule has 0 saturated carbocycles. The predicted octanol–water partition coefficient (Wildman–Crippen LogP) is 1.75. The molecule has 1 heterocycles. The monoisotopic (exact) mass is 366 g/mol. The number of benzene rings is 2. The van der Waals surface area contributed by atoms with E-state index in [1.807, 2.05) is 42.5 Å². The Bertz CT molecular complexity index is 924. The molecule has 1 N–H and O–H groups in total. The molecule has 27 heavy (non-hydrogen) atoms. The van der Waals surface area contributed by atoms with Crippen LogP contribution in [0, 0.1) is 0 Å². The van der Waals surface area contributed by atoms with E-state index in [9.17, 15) is 9.59 Å². The van der Waals surface area contributed by atoms with Gasteiger partial charge in [0, 0.05) is 6.54 Å². The van der Waals surface area contributed by atoms with E-state index < -0.39 is 18.5 Å². The number of esters is 1. The number of rotatable bonds is 7. The molecule has 1 aromatic heterocycles. The first-order chi connectivity index (χ1) is 13.2. The number of amides is 1. The van der Waals surface area contributed by atoms with Crippen molar-refractivity contribution in [2.45, 2.75) is 6.54 Å². The number of carbonyl (C=O) groups excluding carboxylic acids is 2. The maximum absolute atomic E-state index is 12.0. The zero-order chi connectivity index (χ0) is 19.1. The number of aromatic nitrogens is 3. The minimum absolute atomic E-state index is 0.0273. The summed E-state index contributed by atoms with van der Waals surface area (Å²) in [6, 6.07) is 16.5. The van der Waals surface area contributed by atoms with Gasteiger partial charge in [0.1, 0.15) is 5.75 Å². The summed E-state index contributed by atoms with van der Waals surface area (Å²) in [6.45, 7) is -0.0984. The Morgan fingerprint density at radius 2 is 1.93 bits per heavy atom. The van der Waals surface area contributed by atoms with E-state index in [4.69, 9.17) is 9.47 Å². The largest absolute Gasteiger partial charge is 0.497 e. The lowest BCUT2D eigenvalue weighted by molar-refractivity contribution is -0.124. The van der Waals surface area contributed by atoms with Gasteiger partial charge in [-0.3, -0.25) is 4.79 Å². The van der Waals surface area contributed by atoms with Gasteiger partial charge in [0.2, 0.25) is 0 Å². The smallest absolute Gasteiger partial charge is 0.361 e. The normalized spacial score (nSPS) is 10.3. The van der Waals surface area contributed by atoms with Crippen LogP contribution < -0.4 is 10.1 Å². The van der Waals surface area contributed by atoms with Gasteiger partial charge < -0.3 is 14.8 Å². The fourth-order valence-corrected chi connectivity index (χ4v) is 2.28. The van der Waals surface area contributed by atoms with Crippen molar-refractivity contribution < 1.29 is 19.1 Å². The molecular weight excluding hydrogens is 348 g/mol. The second-order valence-electron chi connectivity index (χ2n) is 5.56. The average Bonchev–Trinajstić information content (AvgIpc) is 3.21. The minimum Gasteiger partial charge on any atom is -0.497 e. The van der Waals surface area contributed by atoms with Gasteiger partial charge in [-0.05, 0) is 29.8 Å². The number of methoxy groups -OCH3 is 1. The van der Waals surface area contributed by atoms with Crippen LogP contribution in [0.4, 0.5) is 0 Å². The quantitative estimate of drug-likeness (QED) is 0.640. The number of ether oxygens (including phenoxy) is 2. The Hall–Kier alpha value is -3.68. The maximum atomic E-state index is 12.0. The molecular formula is C19H18N4O4. The van der Waals surface area contributed by atoms with Gasteiger partial charge in [0.15, 0.2) is 12.3 Å². The minimum atomic E-state index is -0.714. The first-order valence-electron chi connectivity index (χ1n) is 8.20. The fraction of sp³-hybridized carbons (Fsp3) is 0.158. The Kier molecular flexibility index (Phi) is 5.78. The molecule has 0 aliphatic carbocycles. The van der Waals surface area contributed by atoms with E-state index in [0.717, 1.165) is 5.56 Å². The van der Waals surface area contributed by atoms with Crippen molar-refractivity contribution in [2.75, 3.05) is 13.7 Å². The summed E-state index contributed by atoms with van der Waals surface area (Å²) >= 11 is 0. The Morgan fingerprint density at radius 3 is 2.70 bits per heavy atom. The molecule has 0 fully saturated rings. The van der Waals surface area contributed by atoms with Gasteiger partial charge in [-0.25, -0.2) is 4.79 Å². The van der Waals surface area contributed by atoms with E-state index in [1.54, 1.807) is 19.2 Å². The number of hydrogen-bond acceptors (Lipinski definition) is 6. The van der Waals surface area contributed by atoms with Crippen molar-refractivity contribution in [3.63, 3.8) is 0 Å². The van der Waals surface area contributed by atoms with Gasteiger partial charge in [0.25, 0.3) is 5.91 Å². The summed E-state index contributed by atoms with van der Waals surface area (Å²) in [5, 5.41) is 10.8. The summed E-state index contributed by atoms with van der Waals surface area (Å²) in [6.07, 6.45) is 1.30. The molecule has 0 radical (unpaired) electrons. The van der Waals surface area contributed by atoms with Gasteiger partial charge in [-0.15, -0.1) is 5.10 Å². The Morgan fingerprint density at radius 1 is 1.11 bits per heavy atom. The molecule has 0 unspecified atom stereocenters. The van der Waals surface area contributed by atoms with Crippen LogP contribution in [0.5, 0.6) is 5.75 Å². The van der Waals surface area contributed by atoms with Gasteiger partial charge >= 0.3 is 5.97 Å². The molecule has 0 saturated heterocycles. The summed E-state index contributed by atoms with van der Waals surface area (Å²) < 4.78 is 10.1. The Balaban J connectivity index is 1.48. The molecule has 0 aliphatic rings. The lowest BCUT2D eigenvalue weighted by Gasteiger charge is -2.07. The fourth-order valence-electron chi connectivity index (χ4n) is 2.28. The van der Waals surface area contributed by atoms with Crippen LogP contribution in [0.1, 0.15) is 16.1 Å². The van der Waals surface area contributed by atoms with E-state index >= 15 is 0 Å². The lowest BCUT2D eigenvalue weighted by Crippen LogP contribution is -2.28. The zero-order valence-corrected chi connectivity index (χ0v) is 14.7. The standard InChI is InChI=1S/C19H18N4O4/c1-26-16-9-5-6-14(10-16)11-20-18(24)13-27-19(25)17-12-21-23(22-17)15-7-3-2-4-8-15/h2-10,12H,11,13H2,1H3,(H,20,24). The van der Waals surface area contributed by atoms with E-state index in [1.165, 1.54) is 11.0 Å². The summed E-state index contributed by atoms with van der Waals surface area (Å²) in [4.78, 5) is 25.2. The molecule has 0 spiro atoms. The number of para-hydroxylation sites is 1. The highest BCUT2D eigenvalue weighted by atomic mass is 16.5. The van der Waals surface area contributed by atoms with E-state index in [-0.39, 0.29) is 5.69 Å². The van der Waals surface area contributed by atoms with Crippen molar-refractivity contribution in [3.05, 3.63) is 72.1 Å². The summed E-state index contributed by atoms with van der Waals surface area (Å²) in [5.74, 6) is -0.426. The molecule has 8 heteroatoms. The first-order valence-corrected chi connectivity index (χ1v) is 8.20. The molecule has 1 amide bonds. The second-order valence-corrected chi connectivity index (χ2v) is 5.56. The van der Waals surface area contributed by atoms with Gasteiger partial charge in [-0.2, -0.15) is 9.90 Å². The van der Waals surface area contributed by atoms with Crippen molar-refractivity contribution in [3.8, 4) is 11.4 Å². The van der Waals surface area contributed by atoms with E-state index in [0.29, 0.717) is 18.0 Å². The topological polar surface area (TPSA) is 95.3 Å². The first kappa shape index (κ1) is 18.1.